The van der Waals surface area contributed by atoms with Crippen molar-refractivity contribution in [3.63, 3.8) is 0 Å². The second kappa shape index (κ2) is 5.97. The molecule has 1 nitrogen and oxygen atoms in total. The zero-order chi connectivity index (χ0) is 12.1. The van der Waals surface area contributed by atoms with E-state index in [1.807, 2.05) is 19.2 Å². The average Bonchev–Trinajstić information content (AvgIpc) is 2.38. The van der Waals surface area contributed by atoms with Crippen LogP contribution in [0.4, 0.5) is 4.39 Å². The maximum Gasteiger partial charge on any atom is 0.123 e. The van der Waals surface area contributed by atoms with Crippen LogP contribution in [0.1, 0.15) is 43.7 Å². The fourth-order valence-electron chi connectivity index (χ4n) is 2.43. The van der Waals surface area contributed by atoms with Gasteiger partial charge in [-0.25, -0.2) is 4.39 Å². The predicted molar refractivity (Wildman–Crippen MR) is 69.4 cm³/mol. The Bertz CT molecular complexity index is 380. The summed E-state index contributed by atoms with van der Waals surface area (Å²) in [6.07, 6.45) is 8.49. The maximum atomic E-state index is 12.9. The first-order valence-electron chi connectivity index (χ1n) is 6.40. The van der Waals surface area contributed by atoms with Crippen molar-refractivity contribution in [1.82, 2.24) is 5.32 Å². The third-order valence-electron chi connectivity index (χ3n) is 3.47. The Morgan fingerprint density at radius 1 is 1.24 bits per heavy atom. The molecule has 1 aromatic rings. The molecule has 1 aromatic carbocycles. The molecule has 92 valence electrons. The number of hydrogen-bond acceptors (Lipinski definition) is 1. The Balaban J connectivity index is 2.05. The first kappa shape index (κ1) is 12.3. The second-order valence-electron chi connectivity index (χ2n) is 4.71. The second-order valence-corrected chi connectivity index (χ2v) is 4.71. The minimum Gasteiger partial charge on any atom is -0.313 e. The van der Waals surface area contributed by atoms with Crippen LogP contribution in [-0.4, -0.2) is 7.05 Å². The van der Waals surface area contributed by atoms with Gasteiger partial charge in [0.25, 0.3) is 0 Å². The van der Waals surface area contributed by atoms with Crippen molar-refractivity contribution in [2.45, 2.75) is 38.1 Å². The highest BCUT2D eigenvalue weighted by atomic mass is 19.1. The van der Waals surface area contributed by atoms with Crippen LogP contribution in [0.15, 0.2) is 35.9 Å². The fourth-order valence-corrected chi connectivity index (χ4v) is 2.43. The molecule has 0 radical (unpaired) electrons. The first-order chi connectivity index (χ1) is 8.29. The topological polar surface area (TPSA) is 12.0 Å². The molecule has 0 amide bonds. The van der Waals surface area contributed by atoms with Crippen LogP contribution in [0.5, 0.6) is 0 Å². The van der Waals surface area contributed by atoms with E-state index in [9.17, 15) is 4.39 Å². The van der Waals surface area contributed by atoms with E-state index in [4.69, 9.17) is 0 Å². The summed E-state index contributed by atoms with van der Waals surface area (Å²) >= 11 is 0. The lowest BCUT2D eigenvalue weighted by molar-refractivity contribution is 0.556. The molecule has 0 aromatic heterocycles. The molecular formula is C15H20FN. The van der Waals surface area contributed by atoms with Gasteiger partial charge >= 0.3 is 0 Å². The van der Waals surface area contributed by atoms with Gasteiger partial charge in [-0.05, 0) is 56.8 Å². The van der Waals surface area contributed by atoms with E-state index in [2.05, 4.69) is 11.4 Å². The maximum absolute atomic E-state index is 12.9. The number of nitrogens with one attached hydrogen (secondary N) is 1. The van der Waals surface area contributed by atoms with Crippen molar-refractivity contribution in [1.29, 1.82) is 0 Å². The normalized spacial score (nSPS) is 17.6. The Hall–Kier alpha value is -1.15. The van der Waals surface area contributed by atoms with Gasteiger partial charge in [0.05, 0.1) is 0 Å². The van der Waals surface area contributed by atoms with Gasteiger partial charge in [0.1, 0.15) is 5.82 Å². The number of benzene rings is 1. The highest BCUT2D eigenvalue weighted by Crippen LogP contribution is 2.27. The molecule has 0 spiro atoms. The highest BCUT2D eigenvalue weighted by molar-refractivity contribution is 5.22. The molecule has 1 aliphatic carbocycles. The lowest BCUT2D eigenvalue weighted by Crippen LogP contribution is -2.17. The van der Waals surface area contributed by atoms with Gasteiger partial charge in [0.15, 0.2) is 0 Å². The monoisotopic (exact) mass is 233 g/mol. The van der Waals surface area contributed by atoms with E-state index < -0.39 is 0 Å². The molecule has 0 saturated carbocycles. The summed E-state index contributed by atoms with van der Waals surface area (Å²) in [4.78, 5) is 0. The van der Waals surface area contributed by atoms with Crippen molar-refractivity contribution in [3.8, 4) is 0 Å². The van der Waals surface area contributed by atoms with E-state index in [-0.39, 0.29) is 5.82 Å². The Morgan fingerprint density at radius 3 is 2.59 bits per heavy atom. The molecule has 2 rings (SSSR count). The Labute approximate surface area is 103 Å². The summed E-state index contributed by atoms with van der Waals surface area (Å²) in [6.45, 7) is 0. The van der Waals surface area contributed by atoms with Crippen molar-refractivity contribution < 1.29 is 4.39 Å². The molecule has 0 heterocycles. The van der Waals surface area contributed by atoms with Gasteiger partial charge in [0.2, 0.25) is 0 Å². The van der Waals surface area contributed by atoms with Crippen LogP contribution in [0, 0.1) is 5.82 Å². The zero-order valence-electron chi connectivity index (χ0n) is 10.4. The minimum absolute atomic E-state index is 0.166. The van der Waals surface area contributed by atoms with Gasteiger partial charge < -0.3 is 5.32 Å². The number of rotatable bonds is 4. The highest BCUT2D eigenvalue weighted by Gasteiger charge is 2.13. The molecule has 0 bridgehead atoms. The summed E-state index contributed by atoms with van der Waals surface area (Å²) in [6, 6.07) is 7.13. The summed E-state index contributed by atoms with van der Waals surface area (Å²) in [5.74, 6) is -0.166. The van der Waals surface area contributed by atoms with Crippen LogP contribution in [0.25, 0.3) is 0 Å². The molecule has 1 unspecified atom stereocenters. The van der Waals surface area contributed by atoms with Crippen LogP contribution >= 0.6 is 0 Å². The number of hydrogen-bond donors (Lipinski definition) is 1. The van der Waals surface area contributed by atoms with Crippen LogP contribution in [-0.2, 0) is 0 Å². The molecule has 0 fully saturated rings. The summed E-state index contributed by atoms with van der Waals surface area (Å²) in [5.41, 5.74) is 2.71. The van der Waals surface area contributed by atoms with Gasteiger partial charge in [-0.3, -0.25) is 0 Å². The van der Waals surface area contributed by atoms with Crippen molar-refractivity contribution in [3.05, 3.63) is 47.3 Å². The van der Waals surface area contributed by atoms with Crippen LogP contribution < -0.4 is 5.32 Å². The third-order valence-corrected chi connectivity index (χ3v) is 3.47. The quantitative estimate of drug-likeness (QED) is 0.776. The molecule has 17 heavy (non-hydrogen) atoms. The minimum atomic E-state index is -0.166. The Kier molecular flexibility index (Phi) is 4.32. The Morgan fingerprint density at radius 2 is 2.00 bits per heavy atom. The first-order valence-corrected chi connectivity index (χ1v) is 6.40. The van der Waals surface area contributed by atoms with Gasteiger partial charge in [-0.1, -0.05) is 23.8 Å². The van der Waals surface area contributed by atoms with E-state index >= 15 is 0 Å². The zero-order valence-corrected chi connectivity index (χ0v) is 10.4. The molecule has 1 N–H and O–H groups in total. The standard InChI is InChI=1S/C15H20FN/c1-17-15(11-12-5-3-2-4-6-12)13-7-9-14(16)10-8-13/h5,7-10,15,17H,2-4,6,11H2,1H3. The summed E-state index contributed by atoms with van der Waals surface area (Å²) < 4.78 is 12.9. The van der Waals surface area contributed by atoms with Gasteiger partial charge in [-0.2, -0.15) is 0 Å². The lowest BCUT2D eigenvalue weighted by atomic mass is 9.91. The fraction of sp³-hybridized carbons (Fsp3) is 0.467. The molecule has 0 saturated heterocycles. The van der Waals surface area contributed by atoms with E-state index in [0.717, 1.165) is 6.42 Å². The molecule has 2 heteroatoms. The molecule has 1 atom stereocenters. The molecule has 0 aliphatic heterocycles. The number of allylic oxidation sites excluding steroid dienone is 1. The SMILES string of the molecule is CNC(CC1=CCCCC1)c1ccc(F)cc1. The summed E-state index contributed by atoms with van der Waals surface area (Å²) in [7, 11) is 1.97. The largest absolute Gasteiger partial charge is 0.313 e. The number of halogens is 1. The third kappa shape index (κ3) is 3.40. The molecular weight excluding hydrogens is 213 g/mol. The van der Waals surface area contributed by atoms with Crippen LogP contribution in [0.2, 0.25) is 0 Å². The molecule has 1 aliphatic rings. The van der Waals surface area contributed by atoms with Crippen LogP contribution in [0.3, 0.4) is 0 Å². The lowest BCUT2D eigenvalue weighted by Gasteiger charge is -2.20. The smallest absolute Gasteiger partial charge is 0.123 e. The predicted octanol–water partition coefficient (Wildman–Crippen LogP) is 3.98. The van der Waals surface area contributed by atoms with Crippen molar-refractivity contribution in [2.24, 2.45) is 0 Å². The van der Waals surface area contributed by atoms with Crippen molar-refractivity contribution in [2.75, 3.05) is 7.05 Å². The van der Waals surface area contributed by atoms with Crippen molar-refractivity contribution >= 4 is 0 Å². The van der Waals surface area contributed by atoms with E-state index in [1.165, 1.54) is 43.4 Å². The summed E-state index contributed by atoms with van der Waals surface area (Å²) in [5, 5.41) is 3.32. The van der Waals surface area contributed by atoms with Gasteiger partial charge in [-0.15, -0.1) is 0 Å². The van der Waals surface area contributed by atoms with Gasteiger partial charge in [0, 0.05) is 6.04 Å². The van der Waals surface area contributed by atoms with E-state index in [0.29, 0.717) is 6.04 Å². The van der Waals surface area contributed by atoms with E-state index in [1.54, 1.807) is 5.57 Å². The average molecular weight is 233 g/mol.